The molecule has 0 saturated carbocycles. The van der Waals surface area contributed by atoms with E-state index >= 15 is 0 Å². The lowest BCUT2D eigenvalue weighted by Gasteiger charge is -2.09. The zero-order valence-electron chi connectivity index (χ0n) is 15.3. The molecule has 0 spiro atoms. The van der Waals surface area contributed by atoms with Crippen LogP contribution in [0.3, 0.4) is 0 Å². The molecule has 0 unspecified atom stereocenters. The topological polar surface area (TPSA) is 68.2 Å². The highest BCUT2D eigenvalue weighted by molar-refractivity contribution is 5.75. The van der Waals surface area contributed by atoms with Crippen LogP contribution in [0.4, 0.5) is 13.6 Å². The van der Waals surface area contributed by atoms with Gasteiger partial charge in [0.05, 0.1) is 17.4 Å². The predicted octanol–water partition coefficient (Wildman–Crippen LogP) is 3.57. The molecule has 2 N–H and O–H groups in total. The van der Waals surface area contributed by atoms with E-state index in [4.69, 9.17) is 0 Å². The Balaban J connectivity index is 1.31. The third-order valence-corrected chi connectivity index (χ3v) is 4.24. The van der Waals surface area contributed by atoms with Crippen molar-refractivity contribution in [2.24, 2.45) is 0 Å². The van der Waals surface area contributed by atoms with Crippen molar-refractivity contribution >= 4 is 17.1 Å². The fourth-order valence-electron chi connectivity index (χ4n) is 2.86. The first-order valence-electron chi connectivity index (χ1n) is 9.07. The highest BCUT2D eigenvalue weighted by Crippen LogP contribution is 2.15. The predicted molar refractivity (Wildman–Crippen MR) is 103 cm³/mol. The number of hydrogen-bond donors (Lipinski definition) is 2. The van der Waals surface area contributed by atoms with E-state index in [-0.39, 0.29) is 11.8 Å². The molecule has 0 bridgehead atoms. The van der Waals surface area contributed by atoms with Crippen molar-refractivity contribution < 1.29 is 18.3 Å². The van der Waals surface area contributed by atoms with Gasteiger partial charge in [-0.15, -0.1) is 0 Å². The first-order chi connectivity index (χ1) is 13.6. The number of urea groups is 1. The van der Waals surface area contributed by atoms with Crippen molar-refractivity contribution in [2.75, 3.05) is 13.1 Å². The minimum atomic E-state index is -2.83. The Labute approximate surface area is 161 Å². The SMILES string of the molecule is O=C(NCCCn1cnc2ccccc21)NCCc1ccc(OC(F)F)cc1. The highest BCUT2D eigenvalue weighted by atomic mass is 19.3. The number of nitrogens with zero attached hydrogens (tertiary/aromatic N) is 2. The Morgan fingerprint density at radius 2 is 1.82 bits per heavy atom. The highest BCUT2D eigenvalue weighted by Gasteiger charge is 2.05. The van der Waals surface area contributed by atoms with Crippen LogP contribution >= 0.6 is 0 Å². The van der Waals surface area contributed by atoms with Crippen LogP contribution in [0.2, 0.25) is 0 Å². The van der Waals surface area contributed by atoms with Gasteiger partial charge in [0.25, 0.3) is 0 Å². The summed E-state index contributed by atoms with van der Waals surface area (Å²) in [6, 6.07) is 14.1. The van der Waals surface area contributed by atoms with E-state index < -0.39 is 6.61 Å². The molecule has 3 rings (SSSR count). The van der Waals surface area contributed by atoms with Crippen LogP contribution in [0.5, 0.6) is 5.75 Å². The molecule has 0 fully saturated rings. The van der Waals surface area contributed by atoms with E-state index in [0.29, 0.717) is 19.5 Å². The molecule has 0 radical (unpaired) electrons. The van der Waals surface area contributed by atoms with Crippen LogP contribution in [0, 0.1) is 0 Å². The zero-order chi connectivity index (χ0) is 19.8. The Morgan fingerprint density at radius 3 is 2.61 bits per heavy atom. The number of aromatic nitrogens is 2. The number of rotatable bonds is 9. The second-order valence-corrected chi connectivity index (χ2v) is 6.24. The van der Waals surface area contributed by atoms with Gasteiger partial charge >= 0.3 is 12.6 Å². The average molecular weight is 388 g/mol. The lowest BCUT2D eigenvalue weighted by Crippen LogP contribution is -2.37. The number of amides is 2. The fraction of sp³-hybridized carbons (Fsp3) is 0.300. The van der Waals surface area contributed by atoms with Crippen molar-refractivity contribution in [2.45, 2.75) is 26.0 Å². The number of ether oxygens (including phenoxy) is 1. The largest absolute Gasteiger partial charge is 0.435 e. The summed E-state index contributed by atoms with van der Waals surface area (Å²) in [6.45, 7) is -1.05. The van der Waals surface area contributed by atoms with Crippen molar-refractivity contribution in [1.29, 1.82) is 0 Å². The van der Waals surface area contributed by atoms with Crippen molar-refractivity contribution in [1.82, 2.24) is 20.2 Å². The molecule has 3 aromatic rings. The monoisotopic (exact) mass is 388 g/mol. The number of aryl methyl sites for hydroxylation is 1. The number of carbonyl (C=O) groups excluding carboxylic acids is 1. The van der Waals surface area contributed by atoms with Gasteiger partial charge in [0.2, 0.25) is 0 Å². The normalized spacial score (nSPS) is 11.0. The summed E-state index contributed by atoms with van der Waals surface area (Å²) in [4.78, 5) is 16.2. The third kappa shape index (κ3) is 5.67. The van der Waals surface area contributed by atoms with Crippen molar-refractivity contribution in [3.05, 3.63) is 60.4 Å². The number of hydrogen-bond acceptors (Lipinski definition) is 3. The van der Waals surface area contributed by atoms with Gasteiger partial charge in [-0.05, 0) is 42.7 Å². The number of imidazole rings is 1. The number of halogens is 2. The fourth-order valence-corrected chi connectivity index (χ4v) is 2.86. The lowest BCUT2D eigenvalue weighted by molar-refractivity contribution is -0.0498. The second kappa shape index (κ2) is 9.68. The number of para-hydroxylation sites is 2. The minimum Gasteiger partial charge on any atom is -0.435 e. The van der Waals surface area contributed by atoms with Gasteiger partial charge in [0.15, 0.2) is 0 Å². The first kappa shape index (κ1) is 19.6. The molecule has 28 heavy (non-hydrogen) atoms. The summed E-state index contributed by atoms with van der Waals surface area (Å²) in [5.74, 6) is 0.120. The van der Waals surface area contributed by atoms with Gasteiger partial charge in [-0.25, -0.2) is 9.78 Å². The van der Waals surface area contributed by atoms with Crippen LogP contribution in [-0.2, 0) is 13.0 Å². The van der Waals surface area contributed by atoms with E-state index in [1.165, 1.54) is 12.1 Å². The number of fused-ring (bicyclic) bond motifs is 1. The molecular formula is C20H22F2N4O2. The third-order valence-electron chi connectivity index (χ3n) is 4.24. The van der Waals surface area contributed by atoms with Crippen LogP contribution in [0.1, 0.15) is 12.0 Å². The summed E-state index contributed by atoms with van der Waals surface area (Å²) >= 11 is 0. The Hall–Kier alpha value is -3.16. The maximum atomic E-state index is 12.1. The van der Waals surface area contributed by atoms with Crippen LogP contribution in [0.25, 0.3) is 11.0 Å². The van der Waals surface area contributed by atoms with E-state index in [0.717, 1.165) is 29.6 Å². The van der Waals surface area contributed by atoms with Gasteiger partial charge < -0.3 is 19.9 Å². The summed E-state index contributed by atoms with van der Waals surface area (Å²) < 4.78 is 30.6. The summed E-state index contributed by atoms with van der Waals surface area (Å²) in [5, 5.41) is 5.60. The quantitative estimate of drug-likeness (QED) is 0.551. The molecule has 6 nitrogen and oxygen atoms in total. The number of nitrogens with one attached hydrogen (secondary N) is 2. The molecule has 0 aliphatic carbocycles. The van der Waals surface area contributed by atoms with Crippen LogP contribution in [0.15, 0.2) is 54.9 Å². The molecule has 2 aromatic carbocycles. The minimum absolute atomic E-state index is 0.120. The van der Waals surface area contributed by atoms with Gasteiger partial charge in [0.1, 0.15) is 5.75 Å². The summed E-state index contributed by atoms with van der Waals surface area (Å²) in [5.41, 5.74) is 2.97. The first-order valence-corrected chi connectivity index (χ1v) is 9.07. The molecule has 8 heteroatoms. The summed E-state index contributed by atoms with van der Waals surface area (Å²) in [7, 11) is 0. The molecule has 0 aliphatic rings. The molecule has 2 amide bonds. The lowest BCUT2D eigenvalue weighted by atomic mass is 10.1. The Bertz CT molecular complexity index is 897. The van der Waals surface area contributed by atoms with E-state index in [1.807, 2.05) is 30.6 Å². The van der Waals surface area contributed by atoms with E-state index in [2.05, 4.69) is 24.9 Å². The molecule has 1 heterocycles. The van der Waals surface area contributed by atoms with E-state index in [1.54, 1.807) is 12.1 Å². The van der Waals surface area contributed by atoms with Crippen molar-refractivity contribution in [3.8, 4) is 5.75 Å². The number of benzene rings is 2. The van der Waals surface area contributed by atoms with Gasteiger partial charge in [-0.1, -0.05) is 24.3 Å². The zero-order valence-corrected chi connectivity index (χ0v) is 15.3. The molecule has 148 valence electrons. The maximum absolute atomic E-state index is 12.1. The second-order valence-electron chi connectivity index (χ2n) is 6.24. The Kier molecular flexibility index (Phi) is 6.78. The Morgan fingerprint density at radius 1 is 1.07 bits per heavy atom. The molecule has 0 atom stereocenters. The van der Waals surface area contributed by atoms with Gasteiger partial charge in [0, 0.05) is 19.6 Å². The molecule has 0 saturated heterocycles. The van der Waals surface area contributed by atoms with Crippen LogP contribution in [-0.4, -0.2) is 35.3 Å². The molecule has 0 aliphatic heterocycles. The molecular weight excluding hydrogens is 366 g/mol. The van der Waals surface area contributed by atoms with Gasteiger partial charge in [-0.2, -0.15) is 8.78 Å². The molecule has 1 aromatic heterocycles. The van der Waals surface area contributed by atoms with E-state index in [9.17, 15) is 13.6 Å². The average Bonchev–Trinajstić information content (AvgIpc) is 3.09. The van der Waals surface area contributed by atoms with Crippen LogP contribution < -0.4 is 15.4 Å². The van der Waals surface area contributed by atoms with Crippen molar-refractivity contribution in [3.63, 3.8) is 0 Å². The standard InChI is InChI=1S/C20H22F2N4O2/c21-19(22)28-16-8-6-15(7-9-16)10-12-24-20(27)23-11-3-13-26-14-25-17-4-1-2-5-18(17)26/h1-2,4-9,14,19H,3,10-13H2,(H2,23,24,27). The maximum Gasteiger partial charge on any atom is 0.387 e. The van der Waals surface area contributed by atoms with Gasteiger partial charge in [-0.3, -0.25) is 0 Å². The summed E-state index contributed by atoms with van der Waals surface area (Å²) in [6.07, 6.45) is 3.20. The number of carbonyl (C=O) groups is 1. The number of alkyl halides is 2. The smallest absolute Gasteiger partial charge is 0.387 e.